The van der Waals surface area contributed by atoms with E-state index in [9.17, 15) is 4.79 Å². The normalized spacial score (nSPS) is 15.2. The number of methoxy groups -OCH3 is 2. The third-order valence-corrected chi connectivity index (χ3v) is 3.42. The van der Waals surface area contributed by atoms with E-state index in [-0.39, 0.29) is 12.4 Å². The van der Waals surface area contributed by atoms with Crippen molar-refractivity contribution in [3.8, 4) is 17.2 Å². The third-order valence-electron chi connectivity index (χ3n) is 3.42. The highest BCUT2D eigenvalue weighted by Crippen LogP contribution is 2.38. The summed E-state index contributed by atoms with van der Waals surface area (Å²) in [5.41, 5.74) is 1.83. The molecule has 0 amide bonds. The Hall–Kier alpha value is -2.82. The summed E-state index contributed by atoms with van der Waals surface area (Å²) in [4.78, 5) is 16.7. The lowest BCUT2D eigenvalue weighted by Gasteiger charge is -2.21. The van der Waals surface area contributed by atoms with Crippen molar-refractivity contribution in [3.05, 3.63) is 53.4 Å². The van der Waals surface area contributed by atoms with E-state index in [1.807, 2.05) is 12.1 Å². The molecule has 5 nitrogen and oxygen atoms in total. The third kappa shape index (κ3) is 2.53. The number of ketones is 1. The molecule has 2 aromatic rings. The van der Waals surface area contributed by atoms with Gasteiger partial charge in [0.1, 0.15) is 29.4 Å². The van der Waals surface area contributed by atoms with Crippen LogP contribution >= 0.6 is 0 Å². The van der Waals surface area contributed by atoms with Crippen molar-refractivity contribution in [2.45, 2.75) is 0 Å². The summed E-state index contributed by atoms with van der Waals surface area (Å²) in [7, 11) is 3.07. The van der Waals surface area contributed by atoms with E-state index in [4.69, 9.17) is 14.2 Å². The fourth-order valence-corrected chi connectivity index (χ4v) is 2.33. The second kappa shape index (κ2) is 5.89. The van der Waals surface area contributed by atoms with Crippen LogP contribution in [0, 0.1) is 0 Å². The second-order valence-electron chi connectivity index (χ2n) is 4.78. The van der Waals surface area contributed by atoms with E-state index >= 15 is 0 Å². The molecule has 0 fully saturated rings. The van der Waals surface area contributed by atoms with E-state index in [0.29, 0.717) is 28.4 Å². The first-order valence-corrected chi connectivity index (χ1v) is 6.77. The van der Waals surface area contributed by atoms with Crippen molar-refractivity contribution >= 4 is 11.9 Å². The van der Waals surface area contributed by atoms with Crippen molar-refractivity contribution in [2.24, 2.45) is 0 Å². The Morgan fingerprint density at radius 2 is 2.14 bits per heavy atom. The molecule has 1 aromatic heterocycles. The fraction of sp³-hybridized carbons (Fsp3) is 0.176. The van der Waals surface area contributed by atoms with Crippen LogP contribution < -0.4 is 14.2 Å². The van der Waals surface area contributed by atoms with Gasteiger partial charge in [-0.1, -0.05) is 6.07 Å². The molecule has 0 atom stereocenters. The van der Waals surface area contributed by atoms with E-state index < -0.39 is 0 Å². The average molecular weight is 297 g/mol. The van der Waals surface area contributed by atoms with Crippen LogP contribution in [0.25, 0.3) is 6.08 Å². The van der Waals surface area contributed by atoms with Crippen molar-refractivity contribution in [2.75, 3.05) is 20.8 Å². The van der Waals surface area contributed by atoms with Gasteiger partial charge >= 0.3 is 0 Å². The number of carbonyl (C=O) groups excluding carboxylic acids is 1. The molecular formula is C17H15NO4. The van der Waals surface area contributed by atoms with Gasteiger partial charge < -0.3 is 14.2 Å². The molecule has 0 N–H and O–H groups in total. The summed E-state index contributed by atoms with van der Waals surface area (Å²) in [6.07, 6.45) is 5.16. The summed E-state index contributed by atoms with van der Waals surface area (Å²) in [6, 6.07) is 7.07. The van der Waals surface area contributed by atoms with Crippen molar-refractivity contribution in [1.29, 1.82) is 0 Å². The molecule has 0 aliphatic carbocycles. The Labute approximate surface area is 128 Å². The summed E-state index contributed by atoms with van der Waals surface area (Å²) in [5.74, 6) is 1.40. The van der Waals surface area contributed by atoms with Crippen LogP contribution in [0.1, 0.15) is 15.9 Å². The lowest BCUT2D eigenvalue weighted by molar-refractivity contribution is 0.0997. The minimum Gasteiger partial charge on any atom is -0.496 e. The zero-order chi connectivity index (χ0) is 15.5. The van der Waals surface area contributed by atoms with Gasteiger partial charge in [-0.2, -0.15) is 0 Å². The van der Waals surface area contributed by atoms with E-state index in [2.05, 4.69) is 4.98 Å². The van der Waals surface area contributed by atoms with Gasteiger partial charge in [-0.25, -0.2) is 0 Å². The molecule has 1 aliphatic heterocycles. The van der Waals surface area contributed by atoms with Crippen LogP contribution in [0.5, 0.6) is 17.2 Å². The average Bonchev–Trinajstić information content (AvgIpc) is 2.57. The largest absolute Gasteiger partial charge is 0.496 e. The van der Waals surface area contributed by atoms with Gasteiger partial charge in [0.05, 0.1) is 14.2 Å². The number of pyridine rings is 1. The van der Waals surface area contributed by atoms with Gasteiger partial charge in [0.25, 0.3) is 0 Å². The molecule has 0 bridgehead atoms. The number of benzene rings is 1. The molecule has 0 unspecified atom stereocenters. The second-order valence-corrected chi connectivity index (χ2v) is 4.78. The van der Waals surface area contributed by atoms with Crippen LogP contribution in [-0.4, -0.2) is 31.6 Å². The highest BCUT2D eigenvalue weighted by molar-refractivity contribution is 6.15. The van der Waals surface area contributed by atoms with E-state index in [0.717, 1.165) is 5.56 Å². The maximum absolute atomic E-state index is 12.7. The van der Waals surface area contributed by atoms with E-state index in [1.165, 1.54) is 7.11 Å². The quantitative estimate of drug-likeness (QED) is 0.815. The Kier molecular flexibility index (Phi) is 3.78. The lowest BCUT2D eigenvalue weighted by atomic mass is 9.97. The molecule has 0 saturated carbocycles. The standard InChI is InChI=1S/C17H15NO4/c1-20-13-7-14(21-2)16-15(8-13)22-10-12(17(16)19)6-11-4-3-5-18-9-11/h3-9H,10H2,1-2H3/b12-6+. The van der Waals surface area contributed by atoms with E-state index in [1.54, 1.807) is 37.7 Å². The van der Waals surface area contributed by atoms with Crippen LogP contribution in [0.15, 0.2) is 42.2 Å². The molecular weight excluding hydrogens is 282 g/mol. The first-order chi connectivity index (χ1) is 10.7. The Morgan fingerprint density at radius 3 is 2.82 bits per heavy atom. The Bertz CT molecular complexity index is 721. The number of fused-ring (bicyclic) bond motifs is 1. The van der Waals surface area contributed by atoms with Crippen LogP contribution in [0.2, 0.25) is 0 Å². The van der Waals surface area contributed by atoms with Gasteiger partial charge in [0, 0.05) is 30.1 Å². The zero-order valence-electron chi connectivity index (χ0n) is 12.3. The zero-order valence-corrected chi connectivity index (χ0v) is 12.3. The number of hydrogen-bond donors (Lipinski definition) is 0. The Morgan fingerprint density at radius 1 is 1.27 bits per heavy atom. The molecule has 1 aliphatic rings. The predicted octanol–water partition coefficient (Wildman–Crippen LogP) is 2.76. The van der Waals surface area contributed by atoms with Crippen molar-refractivity contribution < 1.29 is 19.0 Å². The minimum absolute atomic E-state index is 0.107. The molecule has 22 heavy (non-hydrogen) atoms. The predicted molar refractivity (Wildman–Crippen MR) is 81.6 cm³/mol. The minimum atomic E-state index is -0.107. The molecule has 0 radical (unpaired) electrons. The number of rotatable bonds is 3. The number of nitrogens with zero attached hydrogens (tertiary/aromatic N) is 1. The first kappa shape index (κ1) is 14.1. The molecule has 3 rings (SSSR count). The number of aromatic nitrogens is 1. The molecule has 1 aromatic carbocycles. The number of carbonyl (C=O) groups is 1. The van der Waals surface area contributed by atoms with Crippen LogP contribution in [0.4, 0.5) is 0 Å². The van der Waals surface area contributed by atoms with Gasteiger partial charge in [0.15, 0.2) is 5.78 Å². The topological polar surface area (TPSA) is 57.6 Å². The van der Waals surface area contributed by atoms with Gasteiger partial charge in [0.2, 0.25) is 0 Å². The molecule has 112 valence electrons. The summed E-state index contributed by atoms with van der Waals surface area (Å²) >= 11 is 0. The van der Waals surface area contributed by atoms with Gasteiger partial charge in [-0.15, -0.1) is 0 Å². The lowest BCUT2D eigenvalue weighted by Crippen LogP contribution is -2.20. The smallest absolute Gasteiger partial charge is 0.199 e. The fourth-order valence-electron chi connectivity index (χ4n) is 2.33. The highest BCUT2D eigenvalue weighted by Gasteiger charge is 2.28. The van der Waals surface area contributed by atoms with Crippen molar-refractivity contribution in [3.63, 3.8) is 0 Å². The monoisotopic (exact) mass is 297 g/mol. The van der Waals surface area contributed by atoms with Crippen LogP contribution in [0.3, 0.4) is 0 Å². The number of hydrogen-bond acceptors (Lipinski definition) is 5. The first-order valence-electron chi connectivity index (χ1n) is 6.77. The summed E-state index contributed by atoms with van der Waals surface area (Å²) in [5, 5.41) is 0. The van der Waals surface area contributed by atoms with Gasteiger partial charge in [-0.3, -0.25) is 9.78 Å². The summed E-state index contributed by atoms with van der Waals surface area (Å²) in [6.45, 7) is 0.205. The Balaban J connectivity index is 2.04. The molecule has 0 spiro atoms. The highest BCUT2D eigenvalue weighted by atomic mass is 16.5. The van der Waals surface area contributed by atoms with Crippen molar-refractivity contribution in [1.82, 2.24) is 4.98 Å². The number of ether oxygens (including phenoxy) is 3. The maximum Gasteiger partial charge on any atom is 0.199 e. The van der Waals surface area contributed by atoms with Gasteiger partial charge in [-0.05, 0) is 17.7 Å². The molecule has 0 saturated heterocycles. The molecule has 2 heterocycles. The SMILES string of the molecule is COc1cc(OC)c2c(c1)OC/C(=C\c1cccnc1)C2=O. The maximum atomic E-state index is 12.7. The number of Topliss-reactive ketones (excluding diaryl/α,β-unsaturated/α-hetero) is 1. The summed E-state index contributed by atoms with van der Waals surface area (Å²) < 4.78 is 16.2. The van der Waals surface area contributed by atoms with Crippen LogP contribution in [-0.2, 0) is 0 Å². The molecule has 5 heteroatoms.